The first-order chi connectivity index (χ1) is 13.5. The number of imidazole rings is 1. The third-order valence-corrected chi connectivity index (χ3v) is 4.44. The fourth-order valence-corrected chi connectivity index (χ4v) is 2.91. The summed E-state index contributed by atoms with van der Waals surface area (Å²) in [6.07, 6.45) is 0. The molecule has 0 aliphatic heterocycles. The average molecular weight is 377 g/mol. The summed E-state index contributed by atoms with van der Waals surface area (Å²) in [5.74, 6) is 2.08. The number of anilines is 1. The van der Waals surface area contributed by atoms with Crippen molar-refractivity contribution in [3.05, 3.63) is 81.3 Å². The second kappa shape index (κ2) is 7.07. The smallest absolute Gasteiger partial charge is 0.332 e. The van der Waals surface area contributed by atoms with E-state index >= 15 is 0 Å². The van der Waals surface area contributed by atoms with E-state index in [4.69, 9.17) is 4.74 Å². The molecule has 2 heterocycles. The Hall–Kier alpha value is -3.81. The molecule has 0 bridgehead atoms. The molecule has 2 aromatic carbocycles. The van der Waals surface area contributed by atoms with E-state index in [0.717, 1.165) is 21.8 Å². The molecule has 0 saturated heterocycles. The SMILES string of the molecule is Cn1c(=O)c2[nH]c(CNc3ccc(Oc4ccccc4)cc3)nc2n(C)c1=O. The van der Waals surface area contributed by atoms with E-state index in [0.29, 0.717) is 23.5 Å². The first kappa shape index (κ1) is 17.6. The van der Waals surface area contributed by atoms with E-state index in [1.807, 2.05) is 54.6 Å². The Morgan fingerprint density at radius 3 is 2.36 bits per heavy atom. The molecule has 2 aromatic heterocycles. The number of aryl methyl sites for hydroxylation is 1. The molecule has 142 valence electrons. The molecule has 0 radical (unpaired) electrons. The molecular weight excluding hydrogens is 358 g/mol. The summed E-state index contributed by atoms with van der Waals surface area (Å²) in [5.41, 5.74) is 0.740. The number of para-hydroxylation sites is 1. The standard InChI is InChI=1S/C20H19N5O3/c1-24-18-17(19(26)25(2)20(24)27)22-16(23-18)12-21-13-8-10-15(11-9-13)28-14-6-4-3-5-7-14/h3-11,21H,12H2,1-2H3,(H,22,23). The van der Waals surface area contributed by atoms with Gasteiger partial charge in [-0.25, -0.2) is 9.78 Å². The van der Waals surface area contributed by atoms with Crippen LogP contribution in [0.4, 0.5) is 5.69 Å². The van der Waals surface area contributed by atoms with Crippen LogP contribution in [-0.4, -0.2) is 19.1 Å². The summed E-state index contributed by atoms with van der Waals surface area (Å²) in [5, 5.41) is 3.24. The Morgan fingerprint density at radius 1 is 0.964 bits per heavy atom. The first-order valence-electron chi connectivity index (χ1n) is 8.74. The van der Waals surface area contributed by atoms with E-state index in [1.165, 1.54) is 11.6 Å². The molecule has 0 unspecified atom stereocenters. The van der Waals surface area contributed by atoms with Gasteiger partial charge in [0.15, 0.2) is 5.65 Å². The molecule has 0 fully saturated rings. The molecule has 0 atom stereocenters. The summed E-state index contributed by atoms with van der Waals surface area (Å²) in [6.45, 7) is 0.380. The molecule has 0 saturated carbocycles. The number of benzene rings is 2. The maximum absolute atomic E-state index is 12.2. The zero-order valence-corrected chi connectivity index (χ0v) is 15.5. The number of fused-ring (bicyclic) bond motifs is 1. The van der Waals surface area contributed by atoms with E-state index < -0.39 is 5.69 Å². The summed E-state index contributed by atoms with van der Waals surface area (Å²) >= 11 is 0. The van der Waals surface area contributed by atoms with Gasteiger partial charge in [-0.15, -0.1) is 0 Å². The van der Waals surface area contributed by atoms with E-state index in [-0.39, 0.29) is 5.56 Å². The van der Waals surface area contributed by atoms with Gasteiger partial charge in [-0.3, -0.25) is 13.9 Å². The van der Waals surface area contributed by atoms with Crippen molar-refractivity contribution in [2.75, 3.05) is 5.32 Å². The summed E-state index contributed by atoms with van der Waals surface area (Å²) < 4.78 is 8.18. The topological polar surface area (TPSA) is 93.9 Å². The monoisotopic (exact) mass is 377 g/mol. The lowest BCUT2D eigenvalue weighted by molar-refractivity contribution is 0.483. The summed E-state index contributed by atoms with van der Waals surface area (Å²) in [4.78, 5) is 31.6. The second-order valence-electron chi connectivity index (χ2n) is 6.38. The van der Waals surface area contributed by atoms with Gasteiger partial charge in [-0.1, -0.05) is 18.2 Å². The van der Waals surface area contributed by atoms with Crippen LogP contribution in [0.15, 0.2) is 64.2 Å². The Bertz CT molecular complexity index is 1240. The minimum absolute atomic E-state index is 0.313. The van der Waals surface area contributed by atoms with Crippen LogP contribution in [0.25, 0.3) is 11.2 Å². The predicted octanol–water partition coefficient (Wildman–Crippen LogP) is 2.36. The van der Waals surface area contributed by atoms with Crippen molar-refractivity contribution in [2.24, 2.45) is 14.1 Å². The highest BCUT2D eigenvalue weighted by Crippen LogP contribution is 2.22. The highest BCUT2D eigenvalue weighted by atomic mass is 16.5. The molecule has 28 heavy (non-hydrogen) atoms. The highest BCUT2D eigenvalue weighted by Gasteiger charge is 2.13. The van der Waals surface area contributed by atoms with Crippen LogP contribution >= 0.6 is 0 Å². The van der Waals surface area contributed by atoms with Crippen molar-refractivity contribution in [3.63, 3.8) is 0 Å². The number of ether oxygens (including phenoxy) is 1. The fourth-order valence-electron chi connectivity index (χ4n) is 2.91. The number of aromatic amines is 1. The Kier molecular flexibility index (Phi) is 4.44. The van der Waals surface area contributed by atoms with Gasteiger partial charge in [0.1, 0.15) is 22.8 Å². The molecule has 0 spiro atoms. The van der Waals surface area contributed by atoms with Crippen LogP contribution in [0.2, 0.25) is 0 Å². The lowest BCUT2D eigenvalue weighted by Crippen LogP contribution is -2.36. The van der Waals surface area contributed by atoms with Gasteiger partial charge in [0.2, 0.25) is 0 Å². The van der Waals surface area contributed by atoms with Gasteiger partial charge in [-0.05, 0) is 36.4 Å². The highest BCUT2D eigenvalue weighted by molar-refractivity contribution is 5.69. The maximum atomic E-state index is 12.2. The molecule has 8 nitrogen and oxygen atoms in total. The van der Waals surface area contributed by atoms with Crippen LogP contribution in [0.1, 0.15) is 5.82 Å². The summed E-state index contributed by atoms with van der Waals surface area (Å²) in [6, 6.07) is 17.1. The number of hydrogen-bond acceptors (Lipinski definition) is 5. The number of H-pyrrole nitrogens is 1. The van der Waals surface area contributed by atoms with E-state index in [2.05, 4.69) is 15.3 Å². The Balaban J connectivity index is 1.49. The quantitative estimate of drug-likeness (QED) is 0.557. The van der Waals surface area contributed by atoms with Crippen LogP contribution < -0.4 is 21.3 Å². The number of aromatic nitrogens is 4. The van der Waals surface area contributed by atoms with Crippen molar-refractivity contribution in [1.29, 1.82) is 0 Å². The fraction of sp³-hybridized carbons (Fsp3) is 0.150. The largest absolute Gasteiger partial charge is 0.457 e. The Morgan fingerprint density at radius 2 is 1.64 bits per heavy atom. The molecule has 0 aliphatic rings. The van der Waals surface area contributed by atoms with Crippen LogP contribution in [0.3, 0.4) is 0 Å². The first-order valence-corrected chi connectivity index (χ1v) is 8.74. The van der Waals surface area contributed by atoms with Gasteiger partial charge in [-0.2, -0.15) is 0 Å². The number of rotatable bonds is 5. The number of hydrogen-bond donors (Lipinski definition) is 2. The molecule has 0 aliphatic carbocycles. The second-order valence-corrected chi connectivity index (χ2v) is 6.38. The van der Waals surface area contributed by atoms with E-state index in [1.54, 1.807) is 7.05 Å². The predicted molar refractivity (Wildman–Crippen MR) is 107 cm³/mol. The van der Waals surface area contributed by atoms with Gasteiger partial charge in [0, 0.05) is 19.8 Å². The molecule has 4 rings (SSSR count). The molecule has 4 aromatic rings. The third-order valence-electron chi connectivity index (χ3n) is 4.44. The van der Waals surface area contributed by atoms with Crippen LogP contribution in [0, 0.1) is 0 Å². The third kappa shape index (κ3) is 3.27. The Labute approximate surface area is 160 Å². The molecule has 8 heteroatoms. The van der Waals surface area contributed by atoms with Gasteiger partial charge in [0.05, 0.1) is 6.54 Å². The number of nitrogens with zero attached hydrogens (tertiary/aromatic N) is 3. The zero-order chi connectivity index (χ0) is 19.7. The zero-order valence-electron chi connectivity index (χ0n) is 15.5. The van der Waals surface area contributed by atoms with Gasteiger partial charge < -0.3 is 15.0 Å². The van der Waals surface area contributed by atoms with Crippen LogP contribution in [-0.2, 0) is 20.6 Å². The molecule has 2 N–H and O–H groups in total. The van der Waals surface area contributed by atoms with Crippen molar-refractivity contribution in [2.45, 2.75) is 6.54 Å². The minimum atomic E-state index is -0.405. The van der Waals surface area contributed by atoms with Crippen molar-refractivity contribution in [1.82, 2.24) is 19.1 Å². The van der Waals surface area contributed by atoms with Crippen molar-refractivity contribution in [3.8, 4) is 11.5 Å². The lowest BCUT2D eigenvalue weighted by Gasteiger charge is -2.08. The maximum Gasteiger partial charge on any atom is 0.332 e. The summed E-state index contributed by atoms with van der Waals surface area (Å²) in [7, 11) is 3.04. The minimum Gasteiger partial charge on any atom is -0.457 e. The normalized spacial score (nSPS) is 10.9. The average Bonchev–Trinajstić information content (AvgIpc) is 3.15. The van der Waals surface area contributed by atoms with E-state index in [9.17, 15) is 9.59 Å². The van der Waals surface area contributed by atoms with Crippen molar-refractivity contribution >= 4 is 16.9 Å². The van der Waals surface area contributed by atoms with Gasteiger partial charge >= 0.3 is 5.69 Å². The number of nitrogens with one attached hydrogen (secondary N) is 2. The van der Waals surface area contributed by atoms with Crippen LogP contribution in [0.5, 0.6) is 11.5 Å². The molecule has 0 amide bonds. The lowest BCUT2D eigenvalue weighted by atomic mass is 10.3. The molecular formula is C20H19N5O3. The van der Waals surface area contributed by atoms with Crippen molar-refractivity contribution < 1.29 is 4.74 Å². The van der Waals surface area contributed by atoms with Gasteiger partial charge in [0.25, 0.3) is 5.56 Å².